The highest BCUT2D eigenvalue weighted by Gasteiger charge is 2.26. The van der Waals surface area contributed by atoms with Crippen molar-refractivity contribution in [3.05, 3.63) is 95.3 Å². The van der Waals surface area contributed by atoms with Gasteiger partial charge in [-0.2, -0.15) is 0 Å². The summed E-state index contributed by atoms with van der Waals surface area (Å²) in [4.78, 5) is 23.5. The Bertz CT molecular complexity index is 961. The highest BCUT2D eigenvalue weighted by Crippen LogP contribution is 2.27. The third-order valence-corrected chi connectivity index (χ3v) is 5.16. The molecule has 5 heteroatoms. The molecule has 0 saturated carbocycles. The molecule has 0 N–H and O–H groups in total. The Labute approximate surface area is 164 Å². The summed E-state index contributed by atoms with van der Waals surface area (Å²) >= 11 is 0. The van der Waals surface area contributed by atoms with Crippen molar-refractivity contribution in [2.75, 3.05) is 13.1 Å². The molecule has 3 heterocycles. The Morgan fingerprint density at radius 2 is 1.93 bits per heavy atom. The molecule has 0 unspecified atom stereocenters. The van der Waals surface area contributed by atoms with E-state index in [1.807, 2.05) is 29.2 Å². The van der Waals surface area contributed by atoms with Gasteiger partial charge in [0.25, 0.3) is 5.91 Å². The van der Waals surface area contributed by atoms with E-state index in [2.05, 4.69) is 4.98 Å². The SMILES string of the molecule is O=C(c1ccncc1)N1CCC[C@H](c2cccc(Cc3cccc(F)c3)n2)C1. The highest BCUT2D eigenvalue weighted by molar-refractivity contribution is 5.94. The van der Waals surface area contributed by atoms with Crippen molar-refractivity contribution in [2.45, 2.75) is 25.2 Å². The van der Waals surface area contributed by atoms with E-state index in [1.165, 1.54) is 6.07 Å². The second-order valence-corrected chi connectivity index (χ2v) is 7.19. The van der Waals surface area contributed by atoms with Crippen LogP contribution < -0.4 is 0 Å². The van der Waals surface area contributed by atoms with Crippen LogP contribution >= 0.6 is 0 Å². The number of pyridine rings is 2. The second kappa shape index (κ2) is 8.30. The monoisotopic (exact) mass is 375 g/mol. The van der Waals surface area contributed by atoms with Crippen LogP contribution in [0.3, 0.4) is 0 Å². The summed E-state index contributed by atoms with van der Waals surface area (Å²) in [5.41, 5.74) is 3.49. The van der Waals surface area contributed by atoms with Gasteiger partial charge >= 0.3 is 0 Å². The van der Waals surface area contributed by atoms with Crippen LogP contribution in [0.4, 0.5) is 4.39 Å². The van der Waals surface area contributed by atoms with Crippen LogP contribution in [0.15, 0.2) is 67.0 Å². The van der Waals surface area contributed by atoms with Gasteiger partial charge in [0.2, 0.25) is 0 Å². The number of aromatic nitrogens is 2. The van der Waals surface area contributed by atoms with Gasteiger partial charge in [0, 0.05) is 54.8 Å². The van der Waals surface area contributed by atoms with Crippen LogP contribution in [0.2, 0.25) is 0 Å². The normalized spacial score (nSPS) is 16.8. The number of hydrogen-bond acceptors (Lipinski definition) is 3. The molecule has 142 valence electrons. The van der Waals surface area contributed by atoms with Gasteiger partial charge in [-0.15, -0.1) is 0 Å². The number of nitrogens with zero attached hydrogens (tertiary/aromatic N) is 3. The number of rotatable bonds is 4. The highest BCUT2D eigenvalue weighted by atomic mass is 19.1. The van der Waals surface area contributed by atoms with Crippen molar-refractivity contribution in [1.82, 2.24) is 14.9 Å². The Balaban J connectivity index is 1.48. The zero-order valence-electron chi connectivity index (χ0n) is 15.6. The maximum atomic E-state index is 13.4. The second-order valence-electron chi connectivity index (χ2n) is 7.19. The quantitative estimate of drug-likeness (QED) is 0.686. The molecule has 0 radical (unpaired) electrons. The molecule has 4 nitrogen and oxygen atoms in total. The maximum Gasteiger partial charge on any atom is 0.253 e. The number of carbonyl (C=O) groups excluding carboxylic acids is 1. The lowest BCUT2D eigenvalue weighted by Gasteiger charge is -2.32. The predicted octanol–water partition coefficient (Wildman–Crippen LogP) is 4.23. The average molecular weight is 375 g/mol. The Hall–Kier alpha value is -3.08. The topological polar surface area (TPSA) is 46.1 Å². The number of benzene rings is 1. The summed E-state index contributed by atoms with van der Waals surface area (Å²) in [6.07, 6.45) is 5.85. The Morgan fingerprint density at radius 3 is 2.75 bits per heavy atom. The van der Waals surface area contributed by atoms with E-state index in [0.717, 1.165) is 36.3 Å². The summed E-state index contributed by atoms with van der Waals surface area (Å²) in [7, 11) is 0. The van der Waals surface area contributed by atoms with Gasteiger partial charge in [-0.1, -0.05) is 18.2 Å². The van der Waals surface area contributed by atoms with Gasteiger partial charge in [0.05, 0.1) is 0 Å². The van der Waals surface area contributed by atoms with E-state index in [1.54, 1.807) is 36.7 Å². The maximum absolute atomic E-state index is 13.4. The fraction of sp³-hybridized carbons (Fsp3) is 0.261. The van der Waals surface area contributed by atoms with Gasteiger partial charge in [0.15, 0.2) is 0 Å². The minimum absolute atomic E-state index is 0.0445. The largest absolute Gasteiger partial charge is 0.338 e. The van der Waals surface area contributed by atoms with Crippen molar-refractivity contribution in [2.24, 2.45) is 0 Å². The number of halogens is 1. The third kappa shape index (κ3) is 4.25. The van der Waals surface area contributed by atoms with E-state index >= 15 is 0 Å². The molecular formula is C23H22FN3O. The van der Waals surface area contributed by atoms with Crippen LogP contribution in [0.25, 0.3) is 0 Å². The Kier molecular flexibility index (Phi) is 5.42. The molecular weight excluding hydrogens is 353 g/mol. The molecule has 2 aromatic heterocycles. The number of hydrogen-bond donors (Lipinski definition) is 0. The molecule has 1 aliphatic heterocycles. The first-order valence-corrected chi connectivity index (χ1v) is 9.58. The zero-order valence-corrected chi connectivity index (χ0v) is 15.6. The zero-order chi connectivity index (χ0) is 19.3. The van der Waals surface area contributed by atoms with E-state index < -0.39 is 0 Å². The van der Waals surface area contributed by atoms with Gasteiger partial charge in [-0.3, -0.25) is 14.8 Å². The molecule has 0 bridgehead atoms. The summed E-state index contributed by atoms with van der Waals surface area (Å²) in [5, 5.41) is 0. The van der Waals surface area contributed by atoms with Crippen LogP contribution in [0.5, 0.6) is 0 Å². The van der Waals surface area contributed by atoms with Crippen molar-refractivity contribution < 1.29 is 9.18 Å². The molecule has 1 fully saturated rings. The summed E-state index contributed by atoms with van der Waals surface area (Å²) < 4.78 is 13.4. The van der Waals surface area contributed by atoms with Crippen molar-refractivity contribution >= 4 is 5.91 Å². The van der Waals surface area contributed by atoms with Crippen molar-refractivity contribution in [3.8, 4) is 0 Å². The standard InChI is InChI=1S/C23H22FN3O/c24-20-6-1-4-17(14-20)15-21-7-2-8-22(26-21)19-5-3-13-27(16-19)23(28)18-9-11-25-12-10-18/h1-2,4,6-12,14,19H,3,5,13,15-16H2/t19-/m0/s1. The fourth-order valence-electron chi connectivity index (χ4n) is 3.76. The van der Waals surface area contributed by atoms with E-state index in [-0.39, 0.29) is 17.6 Å². The van der Waals surface area contributed by atoms with E-state index in [9.17, 15) is 9.18 Å². The molecule has 4 rings (SSSR count). The van der Waals surface area contributed by atoms with Gasteiger partial charge in [0.1, 0.15) is 5.82 Å². The molecule has 1 atom stereocenters. The first-order chi connectivity index (χ1) is 13.7. The average Bonchev–Trinajstić information content (AvgIpc) is 2.74. The summed E-state index contributed by atoms with van der Waals surface area (Å²) in [5.74, 6) is 0.0289. The number of likely N-dealkylation sites (tertiary alicyclic amines) is 1. The van der Waals surface area contributed by atoms with Crippen LogP contribution in [0.1, 0.15) is 46.1 Å². The molecule has 0 aliphatic carbocycles. The lowest BCUT2D eigenvalue weighted by Crippen LogP contribution is -2.39. The summed E-state index contributed by atoms with van der Waals surface area (Å²) in [6, 6.07) is 16.1. The molecule has 3 aromatic rings. The summed E-state index contributed by atoms with van der Waals surface area (Å²) in [6.45, 7) is 1.43. The van der Waals surface area contributed by atoms with Gasteiger partial charge in [-0.05, 0) is 54.8 Å². The van der Waals surface area contributed by atoms with Gasteiger partial charge in [-0.25, -0.2) is 4.39 Å². The number of piperidine rings is 1. The molecule has 28 heavy (non-hydrogen) atoms. The van der Waals surface area contributed by atoms with E-state index in [0.29, 0.717) is 18.5 Å². The third-order valence-electron chi connectivity index (χ3n) is 5.16. The molecule has 1 amide bonds. The first-order valence-electron chi connectivity index (χ1n) is 9.58. The van der Waals surface area contributed by atoms with Crippen molar-refractivity contribution in [3.63, 3.8) is 0 Å². The minimum atomic E-state index is -0.230. The van der Waals surface area contributed by atoms with Crippen LogP contribution in [0, 0.1) is 5.82 Å². The smallest absolute Gasteiger partial charge is 0.253 e. The lowest BCUT2D eigenvalue weighted by atomic mass is 9.93. The number of amides is 1. The molecule has 0 spiro atoms. The first kappa shape index (κ1) is 18.3. The fourth-order valence-corrected chi connectivity index (χ4v) is 3.76. The van der Waals surface area contributed by atoms with Crippen molar-refractivity contribution in [1.29, 1.82) is 0 Å². The predicted molar refractivity (Wildman–Crippen MR) is 106 cm³/mol. The lowest BCUT2D eigenvalue weighted by molar-refractivity contribution is 0.0705. The minimum Gasteiger partial charge on any atom is -0.338 e. The van der Waals surface area contributed by atoms with Gasteiger partial charge < -0.3 is 4.90 Å². The number of carbonyl (C=O) groups is 1. The van der Waals surface area contributed by atoms with Crippen LogP contribution in [-0.4, -0.2) is 33.9 Å². The molecule has 1 saturated heterocycles. The molecule has 1 aromatic carbocycles. The Morgan fingerprint density at radius 1 is 1.11 bits per heavy atom. The molecule has 1 aliphatic rings. The van der Waals surface area contributed by atoms with Crippen LogP contribution in [-0.2, 0) is 6.42 Å². The van der Waals surface area contributed by atoms with E-state index in [4.69, 9.17) is 4.98 Å².